The van der Waals surface area contributed by atoms with Gasteiger partial charge in [-0.15, -0.1) is 41.2 Å². The summed E-state index contributed by atoms with van der Waals surface area (Å²) >= 11 is 21.6. The Labute approximate surface area is 457 Å². The molecular formula is C43H59BrCl3N3O14U2-2. The molecule has 23 heteroatoms. The van der Waals surface area contributed by atoms with Crippen molar-refractivity contribution in [2.75, 3.05) is 74.3 Å². The van der Waals surface area contributed by atoms with E-state index < -0.39 is 17.9 Å². The molecule has 3 aromatic rings. The van der Waals surface area contributed by atoms with Crippen LogP contribution in [-0.4, -0.2) is 163 Å². The normalized spacial score (nSPS) is 21.1. The largest absolute Gasteiger partial charge is 0.566 e. The number of halogens is 4. The summed E-state index contributed by atoms with van der Waals surface area (Å²) in [6, 6.07) is 10.1. The maximum Gasteiger partial charge on any atom is 0.373 e. The molecule has 17 nitrogen and oxygen atoms in total. The minimum absolute atomic E-state index is 0. The van der Waals surface area contributed by atoms with Crippen LogP contribution in [0.15, 0.2) is 62.3 Å². The van der Waals surface area contributed by atoms with Crippen molar-refractivity contribution >= 4 is 74.9 Å². The summed E-state index contributed by atoms with van der Waals surface area (Å²) in [5.41, 5.74) is 0. The number of carboxylic acid groups (broad SMARTS) is 1. The van der Waals surface area contributed by atoms with Crippen LogP contribution in [0.4, 0.5) is 0 Å². The molecule has 0 unspecified atom stereocenters. The second-order valence-electron chi connectivity index (χ2n) is 14.3. The van der Waals surface area contributed by atoms with Crippen LogP contribution in [0.25, 0.3) is 0 Å². The number of alkyl halides is 4. The molecule has 0 bridgehead atoms. The Morgan fingerprint density at radius 2 is 1.21 bits per heavy atom. The van der Waals surface area contributed by atoms with Gasteiger partial charge in [-0.05, 0) is 102 Å². The molecule has 0 amide bonds. The molecule has 3 aromatic heterocycles. The van der Waals surface area contributed by atoms with E-state index in [1.807, 2.05) is 14.1 Å². The van der Waals surface area contributed by atoms with Crippen LogP contribution >= 0.6 is 50.7 Å². The predicted molar refractivity (Wildman–Crippen MR) is 243 cm³/mol. The third-order valence-electron chi connectivity index (χ3n) is 10.0. The third kappa shape index (κ3) is 23.2. The van der Waals surface area contributed by atoms with Crippen LogP contribution in [0.5, 0.6) is 0 Å². The Hall–Kier alpha value is -1.17. The van der Waals surface area contributed by atoms with Gasteiger partial charge in [0, 0.05) is 80.4 Å². The van der Waals surface area contributed by atoms with Gasteiger partial charge in [0.1, 0.15) is 30.5 Å². The zero-order valence-corrected chi connectivity index (χ0v) is 49.6. The molecule has 6 heterocycles. The van der Waals surface area contributed by atoms with Crippen LogP contribution in [0.3, 0.4) is 0 Å². The number of carbonyl (C=O) groups excluding carboxylic acids is 3. The number of furan rings is 3. The van der Waals surface area contributed by atoms with Crippen molar-refractivity contribution in [3.8, 4) is 0 Å². The molecule has 66 heavy (non-hydrogen) atoms. The summed E-state index contributed by atoms with van der Waals surface area (Å²) in [5.74, 6) is 0.106. The van der Waals surface area contributed by atoms with E-state index in [9.17, 15) is 14.4 Å². The van der Waals surface area contributed by atoms with E-state index in [0.29, 0.717) is 48.9 Å². The van der Waals surface area contributed by atoms with Crippen molar-refractivity contribution < 1.29 is 129 Å². The number of carbonyl (C=O) groups is 3. The van der Waals surface area contributed by atoms with E-state index in [-0.39, 0.29) is 127 Å². The smallest absolute Gasteiger partial charge is 0.373 e. The van der Waals surface area contributed by atoms with Crippen LogP contribution in [0.2, 0.25) is 0 Å². The quantitative estimate of drug-likeness (QED) is 0.0567. The first-order valence-corrected chi connectivity index (χ1v) is 22.6. The van der Waals surface area contributed by atoms with E-state index in [1.165, 1.54) is 26.6 Å². The summed E-state index contributed by atoms with van der Waals surface area (Å²) in [5, 5.41) is 27.2. The second kappa shape index (κ2) is 36.7. The van der Waals surface area contributed by atoms with E-state index in [1.54, 1.807) is 30.3 Å². The van der Waals surface area contributed by atoms with Crippen molar-refractivity contribution in [3.63, 3.8) is 0 Å². The molecule has 3 fully saturated rings. The predicted octanol–water partition coefficient (Wildman–Crippen LogP) is 6.53. The summed E-state index contributed by atoms with van der Waals surface area (Å²) in [4.78, 5) is 48.1. The maximum atomic E-state index is 11.2. The van der Waals surface area contributed by atoms with Crippen molar-refractivity contribution in [1.29, 1.82) is 0 Å². The Bertz CT molecular complexity index is 1800. The minimum Gasteiger partial charge on any atom is -0.566 e. The molecule has 0 saturated carbocycles. The van der Waals surface area contributed by atoms with Crippen LogP contribution in [-0.2, 0) is 42.3 Å². The van der Waals surface area contributed by atoms with Gasteiger partial charge in [-0.2, -0.15) is 0 Å². The standard InChI is InChI=1S/C14H19ClNO5.C13H18ClNO4.C7H7BrO3.C6H12ClNO.C3H3O.2U/c15-11-4-6-16(5-1-7-17)12(11)9-20-8-10-2-3-13(21-10)14(18)19;1-15-6-5-10(14)11(15)8-18-7-9-3-4-12(19-9)13(16)17-2;1-10-7(9)6-3-2-5(4-8)11-6;1-8-3-2-5(7)6(8)4-9;1-2-3-4;;/h2-3,7,11-12,17H,1,4-6,8-9H2,(H,18,19);3-4,10-11H,5-8H2,1-2H3;2-3H,4H2,1H3;5-6,9H,2-4H2,1H3;2H,1H2;;/q-1;;;;-1;;/t11-,12+;10-,11+;;5-,6+;;;/m11.1.../s1. The SMILES string of the molecule is C=C[C-]=O.CN1CC[C@@H](Cl)[C@@H]1CO.COC(=O)c1ccc(CBr)o1.COC(=O)c1ccc(COC[C@H]2[C@H](Cl)CCN2C)o1.O=C(O)c1ccc(COC[C@H]2[C@H](Cl)CCN2CC[CH-]O)o1.[U].[U]. The summed E-state index contributed by atoms with van der Waals surface area (Å²) in [6.07, 6.45) is 5.99. The Morgan fingerprint density at radius 3 is 1.59 bits per heavy atom. The number of aromatic carboxylic acids is 1. The Kier molecular flexibility index (Phi) is 36.1. The molecule has 3 aliphatic heterocycles. The van der Waals surface area contributed by atoms with Gasteiger partial charge < -0.3 is 52.3 Å². The molecule has 0 aromatic carbocycles. The van der Waals surface area contributed by atoms with Gasteiger partial charge in [-0.25, -0.2) is 33.6 Å². The van der Waals surface area contributed by atoms with E-state index in [2.05, 4.69) is 46.7 Å². The number of esters is 2. The Balaban J connectivity index is 0.000000858. The number of nitrogens with zero attached hydrogens (tertiary/aromatic N) is 3. The second-order valence-corrected chi connectivity index (χ2v) is 16.6. The van der Waals surface area contributed by atoms with Crippen molar-refractivity contribution in [2.45, 2.75) is 78.5 Å². The number of aliphatic hydroxyl groups is 2. The number of carboxylic acids is 1. The number of ether oxygens (including phenoxy) is 4. The number of rotatable bonds is 17. The topological polar surface area (TPSA) is 215 Å². The van der Waals surface area contributed by atoms with Crippen molar-refractivity contribution in [3.05, 3.63) is 90.2 Å². The number of hydrogen-bond donors (Lipinski definition) is 3. The first kappa shape index (κ1) is 64.8. The molecule has 3 aliphatic rings. The summed E-state index contributed by atoms with van der Waals surface area (Å²) in [6.45, 7) is 9.58. The van der Waals surface area contributed by atoms with Gasteiger partial charge in [0.25, 0.3) is 0 Å². The fourth-order valence-electron chi connectivity index (χ4n) is 6.45. The average Bonchev–Trinajstić information content (AvgIpc) is 4.18. The van der Waals surface area contributed by atoms with Gasteiger partial charge in [-0.1, -0.05) is 15.9 Å². The van der Waals surface area contributed by atoms with E-state index in [0.717, 1.165) is 58.1 Å². The van der Waals surface area contributed by atoms with E-state index >= 15 is 0 Å². The zero-order valence-electron chi connectivity index (χ0n) is 37.4. The summed E-state index contributed by atoms with van der Waals surface area (Å²) < 4.78 is 35.7. The van der Waals surface area contributed by atoms with Crippen LogP contribution in [0.1, 0.15) is 74.6 Å². The fraction of sp³-hybridized carbons (Fsp3) is 0.558. The number of hydrogen-bond acceptors (Lipinski definition) is 16. The zero-order chi connectivity index (χ0) is 47.6. The summed E-state index contributed by atoms with van der Waals surface area (Å²) in [7, 11) is 6.66. The molecular weight excluding hydrogens is 1440 g/mol. The van der Waals surface area contributed by atoms with E-state index in [4.69, 9.17) is 77.6 Å². The molecule has 6 rings (SSSR count). The number of likely N-dealkylation sites (N-methyl/N-ethyl adjacent to an activating group) is 2. The van der Waals surface area contributed by atoms with Crippen molar-refractivity contribution in [2.24, 2.45) is 0 Å². The molecule has 3 saturated heterocycles. The average molecular weight is 1500 g/mol. The first-order chi connectivity index (χ1) is 30.7. The van der Waals surface area contributed by atoms with Crippen LogP contribution < -0.4 is 0 Å². The first-order valence-electron chi connectivity index (χ1n) is 20.2. The number of allylic oxidation sites excluding steroid dienone is 1. The molecule has 0 aliphatic carbocycles. The van der Waals surface area contributed by atoms with Crippen molar-refractivity contribution in [1.82, 2.24) is 14.7 Å². The molecule has 3 N–H and O–H groups in total. The van der Waals surface area contributed by atoms with Gasteiger partial charge >= 0.3 is 17.9 Å². The molecule has 6 atom stereocenters. The molecule has 0 spiro atoms. The van der Waals surface area contributed by atoms with Gasteiger partial charge in [0.15, 0.2) is 0 Å². The maximum absolute atomic E-state index is 11.2. The molecule has 368 valence electrons. The van der Waals surface area contributed by atoms with Gasteiger partial charge in [-0.3, -0.25) is 14.7 Å². The Morgan fingerprint density at radius 1 is 0.788 bits per heavy atom. The third-order valence-corrected chi connectivity index (χ3v) is 12.1. The number of methoxy groups -OCH3 is 2. The number of likely N-dealkylation sites (tertiary alicyclic amines) is 3. The van der Waals surface area contributed by atoms with Gasteiger partial charge in [0.2, 0.25) is 17.3 Å². The monoisotopic (exact) mass is 1500 g/mol. The molecule has 0 radical (unpaired) electrons. The van der Waals surface area contributed by atoms with Gasteiger partial charge in [0.05, 0.1) is 55.5 Å². The minimum atomic E-state index is -1.09. The number of aliphatic hydroxyl groups excluding tert-OH is 2. The fourth-order valence-corrected chi connectivity index (χ4v) is 7.82. The van der Waals surface area contributed by atoms with Crippen LogP contribution in [0, 0.1) is 68.8 Å².